The van der Waals surface area contributed by atoms with Crippen molar-refractivity contribution in [2.45, 2.75) is 23.8 Å². The monoisotopic (exact) mass is 274 g/mol. The molecule has 1 fully saturated rings. The highest BCUT2D eigenvalue weighted by atomic mass is 32.2. The van der Waals surface area contributed by atoms with Crippen molar-refractivity contribution in [3.63, 3.8) is 0 Å². The van der Waals surface area contributed by atoms with Gasteiger partial charge >= 0.3 is 0 Å². The Kier molecular flexibility index (Phi) is 3.56. The van der Waals surface area contributed by atoms with E-state index in [1.165, 1.54) is 12.1 Å². The lowest BCUT2D eigenvalue weighted by molar-refractivity contribution is 0.155. The van der Waals surface area contributed by atoms with Gasteiger partial charge in [-0.2, -0.15) is 0 Å². The van der Waals surface area contributed by atoms with Gasteiger partial charge in [0.25, 0.3) is 0 Å². The van der Waals surface area contributed by atoms with Gasteiger partial charge in [-0.3, -0.25) is 0 Å². The molecule has 0 saturated heterocycles. The van der Waals surface area contributed by atoms with Crippen molar-refractivity contribution in [3.8, 4) is 0 Å². The van der Waals surface area contributed by atoms with Crippen LogP contribution in [0.4, 0.5) is 10.1 Å². The fraction of sp³-hybridized carbons (Fsp3) is 0.455. The fourth-order valence-electron chi connectivity index (χ4n) is 1.60. The smallest absolute Gasteiger partial charge is 0.240 e. The number of anilines is 1. The molecule has 5 nitrogen and oxygen atoms in total. The first kappa shape index (κ1) is 13.3. The van der Waals surface area contributed by atoms with E-state index in [0.717, 1.165) is 18.9 Å². The third-order valence-corrected chi connectivity index (χ3v) is 4.35. The summed E-state index contributed by atoms with van der Waals surface area (Å²) in [6.07, 6.45) is 1.15. The number of benzene rings is 1. The fourth-order valence-corrected chi connectivity index (χ4v) is 2.66. The SMILES string of the molecule is Nc1ccc(S(=O)(=O)NCC(O)C2CC2)cc1F. The first-order valence-electron chi connectivity index (χ1n) is 5.63. The van der Waals surface area contributed by atoms with Gasteiger partial charge in [-0.15, -0.1) is 0 Å². The van der Waals surface area contributed by atoms with E-state index in [9.17, 15) is 17.9 Å². The molecule has 1 aliphatic carbocycles. The second-order valence-electron chi connectivity index (χ2n) is 4.44. The number of nitrogens with one attached hydrogen (secondary N) is 1. The van der Waals surface area contributed by atoms with E-state index in [-0.39, 0.29) is 23.0 Å². The summed E-state index contributed by atoms with van der Waals surface area (Å²) in [6.45, 7) is -0.0566. The molecule has 100 valence electrons. The largest absolute Gasteiger partial charge is 0.396 e. The zero-order chi connectivity index (χ0) is 13.3. The lowest BCUT2D eigenvalue weighted by Crippen LogP contribution is -2.33. The van der Waals surface area contributed by atoms with Crippen LogP contribution < -0.4 is 10.5 Å². The van der Waals surface area contributed by atoms with Gasteiger partial charge in [0.05, 0.1) is 16.7 Å². The number of aliphatic hydroxyl groups excluding tert-OH is 1. The molecule has 0 radical (unpaired) electrons. The molecule has 0 heterocycles. The lowest BCUT2D eigenvalue weighted by Gasteiger charge is -2.11. The Balaban J connectivity index is 2.07. The average Bonchev–Trinajstić information content (AvgIpc) is 3.13. The minimum atomic E-state index is -3.81. The maximum Gasteiger partial charge on any atom is 0.240 e. The van der Waals surface area contributed by atoms with Gasteiger partial charge in [-0.05, 0) is 37.0 Å². The van der Waals surface area contributed by atoms with Gasteiger partial charge in [0.15, 0.2) is 0 Å². The molecule has 1 atom stereocenters. The molecule has 2 rings (SSSR count). The highest BCUT2D eigenvalue weighted by Crippen LogP contribution is 2.32. The van der Waals surface area contributed by atoms with Crippen LogP contribution in [0.25, 0.3) is 0 Å². The third kappa shape index (κ3) is 2.98. The van der Waals surface area contributed by atoms with Gasteiger partial charge in [0, 0.05) is 6.54 Å². The predicted molar refractivity (Wildman–Crippen MR) is 64.7 cm³/mol. The molecule has 1 aromatic carbocycles. The Morgan fingerprint density at radius 1 is 1.50 bits per heavy atom. The van der Waals surface area contributed by atoms with E-state index in [1.54, 1.807) is 0 Å². The summed E-state index contributed by atoms with van der Waals surface area (Å²) in [5, 5.41) is 9.58. The summed E-state index contributed by atoms with van der Waals surface area (Å²) in [4.78, 5) is -0.197. The van der Waals surface area contributed by atoms with Crippen LogP contribution >= 0.6 is 0 Å². The highest BCUT2D eigenvalue weighted by molar-refractivity contribution is 7.89. The van der Waals surface area contributed by atoms with Crippen LogP contribution in [0.3, 0.4) is 0 Å². The highest BCUT2D eigenvalue weighted by Gasteiger charge is 2.30. The van der Waals surface area contributed by atoms with E-state index >= 15 is 0 Å². The number of rotatable bonds is 5. The summed E-state index contributed by atoms with van der Waals surface area (Å²) >= 11 is 0. The van der Waals surface area contributed by atoms with E-state index < -0.39 is 21.9 Å². The number of halogens is 1. The molecule has 0 bridgehead atoms. The Morgan fingerprint density at radius 2 is 2.17 bits per heavy atom. The first-order valence-corrected chi connectivity index (χ1v) is 7.11. The quantitative estimate of drug-likeness (QED) is 0.680. The van der Waals surface area contributed by atoms with Crippen molar-refractivity contribution in [2.75, 3.05) is 12.3 Å². The van der Waals surface area contributed by atoms with Crippen LogP contribution in [0.1, 0.15) is 12.8 Å². The molecule has 1 unspecified atom stereocenters. The van der Waals surface area contributed by atoms with Gasteiger partial charge < -0.3 is 10.8 Å². The number of hydrogen-bond donors (Lipinski definition) is 3. The molecule has 4 N–H and O–H groups in total. The standard InChI is InChI=1S/C11H15FN2O3S/c12-9-5-8(3-4-10(9)13)18(16,17)14-6-11(15)7-1-2-7/h3-5,7,11,14-15H,1-2,6,13H2. The molecule has 7 heteroatoms. The average molecular weight is 274 g/mol. The zero-order valence-electron chi connectivity index (χ0n) is 9.64. The van der Waals surface area contributed by atoms with Crippen LogP contribution in [0.2, 0.25) is 0 Å². The Hall–Kier alpha value is -1.18. The zero-order valence-corrected chi connectivity index (χ0v) is 10.5. The molecule has 1 saturated carbocycles. The van der Waals surface area contributed by atoms with Crippen LogP contribution in [0, 0.1) is 11.7 Å². The van der Waals surface area contributed by atoms with Gasteiger partial charge in [0.1, 0.15) is 5.82 Å². The van der Waals surface area contributed by atoms with Crippen LogP contribution in [0.15, 0.2) is 23.1 Å². The molecule has 0 spiro atoms. The Labute approximate surface area is 105 Å². The van der Waals surface area contributed by atoms with Crippen molar-refractivity contribution >= 4 is 15.7 Å². The van der Waals surface area contributed by atoms with Gasteiger partial charge in [0.2, 0.25) is 10.0 Å². The molecule has 0 aromatic heterocycles. The number of nitrogens with two attached hydrogens (primary N) is 1. The van der Waals surface area contributed by atoms with Crippen LogP contribution in [0.5, 0.6) is 0 Å². The van der Waals surface area contributed by atoms with Crippen molar-refractivity contribution in [1.82, 2.24) is 4.72 Å². The van der Waals surface area contributed by atoms with Crippen molar-refractivity contribution in [2.24, 2.45) is 5.92 Å². The van der Waals surface area contributed by atoms with Crippen molar-refractivity contribution in [1.29, 1.82) is 0 Å². The summed E-state index contributed by atoms with van der Waals surface area (Å²) in [5.41, 5.74) is 5.17. The molecule has 18 heavy (non-hydrogen) atoms. The molecule has 0 aliphatic heterocycles. The molecule has 1 aromatic rings. The number of sulfonamides is 1. The van der Waals surface area contributed by atoms with Gasteiger partial charge in [-0.25, -0.2) is 17.5 Å². The predicted octanol–water partition coefficient (Wildman–Crippen LogP) is 0.457. The second kappa shape index (κ2) is 4.83. The Morgan fingerprint density at radius 3 is 2.72 bits per heavy atom. The molecule has 0 amide bonds. The van der Waals surface area contributed by atoms with Crippen LogP contribution in [-0.4, -0.2) is 26.2 Å². The van der Waals surface area contributed by atoms with E-state index in [2.05, 4.69) is 4.72 Å². The minimum absolute atomic E-state index is 0.0566. The maximum absolute atomic E-state index is 13.2. The normalized spacial score (nSPS) is 17.7. The Bertz CT molecular complexity index is 543. The van der Waals surface area contributed by atoms with E-state index in [0.29, 0.717) is 0 Å². The van der Waals surface area contributed by atoms with Crippen molar-refractivity contribution < 1.29 is 17.9 Å². The van der Waals surface area contributed by atoms with Gasteiger partial charge in [-0.1, -0.05) is 0 Å². The van der Waals surface area contributed by atoms with E-state index in [4.69, 9.17) is 5.73 Å². The maximum atomic E-state index is 13.2. The topological polar surface area (TPSA) is 92.4 Å². The summed E-state index contributed by atoms with van der Waals surface area (Å²) in [6, 6.07) is 3.28. The van der Waals surface area contributed by atoms with Crippen LogP contribution in [-0.2, 0) is 10.0 Å². The first-order chi connectivity index (χ1) is 8.40. The third-order valence-electron chi connectivity index (χ3n) is 2.93. The summed E-state index contributed by atoms with van der Waals surface area (Å²) in [7, 11) is -3.81. The molecule has 1 aliphatic rings. The summed E-state index contributed by atoms with van der Waals surface area (Å²) in [5.74, 6) is -0.600. The van der Waals surface area contributed by atoms with Crippen molar-refractivity contribution in [3.05, 3.63) is 24.0 Å². The second-order valence-corrected chi connectivity index (χ2v) is 6.21. The molecular weight excluding hydrogens is 259 g/mol. The minimum Gasteiger partial charge on any atom is -0.396 e. The summed E-state index contributed by atoms with van der Waals surface area (Å²) < 4.78 is 39.1. The number of aliphatic hydroxyl groups is 1. The van der Waals surface area contributed by atoms with E-state index in [1.807, 2.05) is 0 Å². The lowest BCUT2D eigenvalue weighted by atomic mass is 10.2. The number of hydrogen-bond acceptors (Lipinski definition) is 4. The number of nitrogen functional groups attached to an aromatic ring is 1. The molecular formula is C11H15FN2O3S.